The summed E-state index contributed by atoms with van der Waals surface area (Å²) in [5.74, 6) is -0.184. The van der Waals surface area contributed by atoms with Crippen LogP contribution in [0.15, 0.2) is 0 Å². The average Bonchev–Trinajstić information content (AvgIpc) is 2.26. The maximum atomic E-state index is 11.8. The molecule has 0 saturated carbocycles. The number of carbonyl (C=O) groups excluding carboxylic acids is 1. The van der Waals surface area contributed by atoms with Crippen LogP contribution in [0.2, 0.25) is 0 Å². The molecule has 0 heterocycles. The zero-order valence-electron chi connectivity index (χ0n) is 12.8. The second-order valence-electron chi connectivity index (χ2n) is 5.03. The van der Waals surface area contributed by atoms with Crippen molar-refractivity contribution in [1.82, 2.24) is 9.62 Å². The summed E-state index contributed by atoms with van der Waals surface area (Å²) >= 11 is 0. The van der Waals surface area contributed by atoms with Crippen LogP contribution >= 0.6 is 12.4 Å². The highest BCUT2D eigenvalue weighted by Crippen LogP contribution is 2.08. The summed E-state index contributed by atoms with van der Waals surface area (Å²) in [5, 5.41) is 2.75. The van der Waals surface area contributed by atoms with Crippen LogP contribution in [0.1, 0.15) is 40.0 Å². The summed E-state index contributed by atoms with van der Waals surface area (Å²) in [4.78, 5) is 11.8. The summed E-state index contributed by atoms with van der Waals surface area (Å²) < 4.78 is 24.1. The molecule has 3 N–H and O–H groups in total. The Kier molecular flexibility index (Phi) is 10.5. The fraction of sp³-hybridized carbons (Fsp3) is 0.917. The first-order valence-corrected chi connectivity index (χ1v) is 8.52. The molecule has 8 heteroatoms. The average molecular weight is 330 g/mol. The Morgan fingerprint density at radius 2 is 1.90 bits per heavy atom. The summed E-state index contributed by atoms with van der Waals surface area (Å²) in [6.45, 7) is 6.76. The largest absolute Gasteiger partial charge is 0.354 e. The monoisotopic (exact) mass is 329 g/mol. The maximum absolute atomic E-state index is 11.8. The van der Waals surface area contributed by atoms with E-state index in [4.69, 9.17) is 5.73 Å². The molecular formula is C12H28ClN3O3S. The van der Waals surface area contributed by atoms with E-state index in [1.54, 1.807) is 13.8 Å². The molecule has 0 aromatic rings. The second kappa shape index (κ2) is 9.55. The molecule has 1 unspecified atom stereocenters. The molecule has 0 aliphatic rings. The van der Waals surface area contributed by atoms with Gasteiger partial charge in [-0.1, -0.05) is 20.3 Å². The van der Waals surface area contributed by atoms with Crippen molar-refractivity contribution in [3.8, 4) is 0 Å². The number of amides is 1. The highest BCUT2D eigenvalue weighted by molar-refractivity contribution is 7.88. The third-order valence-electron chi connectivity index (χ3n) is 2.98. The zero-order valence-corrected chi connectivity index (χ0v) is 14.4. The van der Waals surface area contributed by atoms with Crippen LogP contribution in [0, 0.1) is 0 Å². The van der Waals surface area contributed by atoms with Crippen molar-refractivity contribution in [3.05, 3.63) is 0 Å². The van der Waals surface area contributed by atoms with E-state index in [0.717, 1.165) is 6.42 Å². The van der Waals surface area contributed by atoms with Crippen LogP contribution in [-0.4, -0.2) is 50.1 Å². The summed E-state index contributed by atoms with van der Waals surface area (Å²) in [7, 11) is -3.16. The van der Waals surface area contributed by atoms with Gasteiger partial charge in [0.1, 0.15) is 0 Å². The molecule has 0 aliphatic heterocycles. The van der Waals surface area contributed by atoms with Crippen molar-refractivity contribution >= 4 is 28.3 Å². The number of hydrogen-bond donors (Lipinski definition) is 2. The van der Waals surface area contributed by atoms with Crippen LogP contribution in [0.4, 0.5) is 0 Å². The number of nitrogens with one attached hydrogen (secondary N) is 1. The fourth-order valence-electron chi connectivity index (χ4n) is 1.85. The van der Waals surface area contributed by atoms with E-state index in [1.165, 1.54) is 10.6 Å². The van der Waals surface area contributed by atoms with Gasteiger partial charge < -0.3 is 11.1 Å². The van der Waals surface area contributed by atoms with E-state index in [0.29, 0.717) is 32.5 Å². The van der Waals surface area contributed by atoms with E-state index in [9.17, 15) is 13.2 Å². The Hall–Kier alpha value is -0.370. The van der Waals surface area contributed by atoms with E-state index < -0.39 is 15.6 Å². The summed E-state index contributed by atoms with van der Waals surface area (Å²) in [6.07, 6.45) is 3.24. The van der Waals surface area contributed by atoms with Crippen LogP contribution in [0.3, 0.4) is 0 Å². The molecule has 0 rings (SSSR count). The quantitative estimate of drug-likeness (QED) is 0.609. The van der Waals surface area contributed by atoms with Crippen LogP contribution in [0.25, 0.3) is 0 Å². The standard InChI is InChI=1S/C12H27N3O3S.ClH/c1-5-8-12(3,13)11(16)14-9-7-10-15(6-2)19(4,17)18;/h5-10,13H2,1-4H3,(H,14,16);1H. The lowest BCUT2D eigenvalue weighted by Crippen LogP contribution is -2.51. The van der Waals surface area contributed by atoms with Gasteiger partial charge in [-0.05, 0) is 19.8 Å². The van der Waals surface area contributed by atoms with Gasteiger partial charge in [0.2, 0.25) is 15.9 Å². The van der Waals surface area contributed by atoms with Gasteiger partial charge in [0.05, 0.1) is 11.8 Å². The van der Waals surface area contributed by atoms with Crippen molar-refractivity contribution < 1.29 is 13.2 Å². The van der Waals surface area contributed by atoms with Crippen LogP contribution in [-0.2, 0) is 14.8 Å². The van der Waals surface area contributed by atoms with E-state index >= 15 is 0 Å². The molecule has 20 heavy (non-hydrogen) atoms. The third-order valence-corrected chi connectivity index (χ3v) is 4.36. The lowest BCUT2D eigenvalue weighted by Gasteiger charge is -2.23. The molecule has 0 fully saturated rings. The van der Waals surface area contributed by atoms with Gasteiger partial charge in [-0.3, -0.25) is 4.79 Å². The van der Waals surface area contributed by atoms with Crippen molar-refractivity contribution in [2.75, 3.05) is 25.9 Å². The van der Waals surface area contributed by atoms with Crippen molar-refractivity contribution in [3.63, 3.8) is 0 Å². The minimum Gasteiger partial charge on any atom is -0.354 e. The number of nitrogens with two attached hydrogens (primary N) is 1. The first-order valence-electron chi connectivity index (χ1n) is 6.67. The minimum atomic E-state index is -3.16. The third kappa shape index (κ3) is 8.04. The van der Waals surface area contributed by atoms with Crippen LogP contribution < -0.4 is 11.1 Å². The molecule has 0 radical (unpaired) electrons. The molecule has 0 aliphatic carbocycles. The number of nitrogens with zero attached hydrogens (tertiary/aromatic N) is 1. The van der Waals surface area contributed by atoms with Gasteiger partial charge in [0, 0.05) is 19.6 Å². The fourth-order valence-corrected chi connectivity index (χ4v) is 2.78. The minimum absolute atomic E-state index is 0. The van der Waals surface area contributed by atoms with E-state index in [-0.39, 0.29) is 18.3 Å². The molecule has 0 bridgehead atoms. The summed E-state index contributed by atoms with van der Waals surface area (Å²) in [6, 6.07) is 0. The van der Waals surface area contributed by atoms with E-state index in [2.05, 4.69) is 5.32 Å². The molecule has 122 valence electrons. The molecule has 0 saturated heterocycles. The normalized spacial score (nSPS) is 14.5. The van der Waals surface area contributed by atoms with E-state index in [1.807, 2.05) is 6.92 Å². The topological polar surface area (TPSA) is 92.5 Å². The second-order valence-corrected chi connectivity index (χ2v) is 7.01. The van der Waals surface area contributed by atoms with Crippen molar-refractivity contribution in [2.45, 2.75) is 45.6 Å². The smallest absolute Gasteiger partial charge is 0.239 e. The predicted octanol–water partition coefficient (Wildman–Crippen LogP) is 0.714. The molecule has 1 atom stereocenters. The predicted molar refractivity (Wildman–Crippen MR) is 84.5 cm³/mol. The Labute approximate surface area is 128 Å². The number of halogens is 1. The molecular weight excluding hydrogens is 302 g/mol. The zero-order chi connectivity index (χ0) is 15.1. The lowest BCUT2D eigenvalue weighted by molar-refractivity contribution is -0.126. The Morgan fingerprint density at radius 1 is 1.35 bits per heavy atom. The van der Waals surface area contributed by atoms with Gasteiger partial charge in [-0.2, -0.15) is 0 Å². The molecule has 6 nitrogen and oxygen atoms in total. The molecule has 0 aromatic heterocycles. The Bertz CT molecular complexity index is 385. The highest BCUT2D eigenvalue weighted by Gasteiger charge is 2.26. The summed E-state index contributed by atoms with van der Waals surface area (Å²) in [5.41, 5.74) is 5.04. The molecule has 0 aromatic carbocycles. The van der Waals surface area contributed by atoms with Gasteiger partial charge in [-0.25, -0.2) is 12.7 Å². The number of hydrogen-bond acceptors (Lipinski definition) is 4. The van der Waals surface area contributed by atoms with Gasteiger partial charge >= 0.3 is 0 Å². The number of sulfonamides is 1. The van der Waals surface area contributed by atoms with Gasteiger partial charge in [-0.15, -0.1) is 12.4 Å². The first kappa shape index (κ1) is 21.9. The SMILES string of the molecule is CCCC(C)(N)C(=O)NCCCN(CC)S(C)(=O)=O.Cl. The van der Waals surface area contributed by atoms with Crippen LogP contribution in [0.5, 0.6) is 0 Å². The number of carbonyl (C=O) groups is 1. The molecule has 0 spiro atoms. The lowest BCUT2D eigenvalue weighted by atomic mass is 9.96. The maximum Gasteiger partial charge on any atom is 0.239 e. The number of rotatable bonds is 9. The van der Waals surface area contributed by atoms with Crippen molar-refractivity contribution in [1.29, 1.82) is 0 Å². The Balaban J connectivity index is 0. The molecule has 1 amide bonds. The Morgan fingerprint density at radius 3 is 2.30 bits per heavy atom. The first-order chi connectivity index (χ1) is 8.65. The van der Waals surface area contributed by atoms with Gasteiger partial charge in [0.25, 0.3) is 0 Å². The highest BCUT2D eigenvalue weighted by atomic mass is 35.5. The van der Waals surface area contributed by atoms with Crippen molar-refractivity contribution in [2.24, 2.45) is 5.73 Å². The van der Waals surface area contributed by atoms with Gasteiger partial charge in [0.15, 0.2) is 0 Å².